The molecule has 5 heteroatoms. The van der Waals surface area contributed by atoms with Crippen LogP contribution in [0.15, 0.2) is 12.4 Å². The number of hydrogen-bond acceptors (Lipinski definition) is 5. The Balaban J connectivity index is 2.54. The molecule has 0 bridgehead atoms. The molecule has 15 heavy (non-hydrogen) atoms. The van der Waals surface area contributed by atoms with Crippen molar-refractivity contribution in [2.75, 3.05) is 6.61 Å². The van der Waals surface area contributed by atoms with Gasteiger partial charge in [-0.15, -0.1) is 0 Å². The molecule has 1 atom stereocenters. The predicted octanol–water partition coefficient (Wildman–Crippen LogP) is 1.12. The second-order valence-corrected chi connectivity index (χ2v) is 3.06. The summed E-state index contributed by atoms with van der Waals surface area (Å²) in [6.45, 7) is 5.55. The maximum atomic E-state index is 11.2. The van der Waals surface area contributed by atoms with Crippen molar-refractivity contribution in [2.24, 2.45) is 0 Å². The monoisotopic (exact) mass is 210 g/mol. The van der Waals surface area contributed by atoms with Crippen LogP contribution in [0.5, 0.6) is 6.01 Å². The fourth-order valence-corrected chi connectivity index (χ4v) is 0.907. The van der Waals surface area contributed by atoms with Gasteiger partial charge in [-0.1, -0.05) is 0 Å². The normalized spacial score (nSPS) is 11.9. The van der Waals surface area contributed by atoms with E-state index in [1.807, 2.05) is 6.92 Å². The number of carbonyl (C=O) groups is 1. The minimum atomic E-state index is -0.687. The fraction of sp³-hybridized carbons (Fsp3) is 0.500. The molecule has 82 valence electrons. The lowest BCUT2D eigenvalue weighted by Gasteiger charge is -2.11. The molecule has 0 saturated carbocycles. The van der Waals surface area contributed by atoms with Gasteiger partial charge in [0.1, 0.15) is 0 Å². The first-order valence-electron chi connectivity index (χ1n) is 4.75. The standard InChI is InChI=1S/C10H14N2O3/c1-4-14-9(13)8(3)15-10-11-5-7(2)6-12-10/h5-6,8H,4H2,1-3H3. The Labute approximate surface area is 88.4 Å². The summed E-state index contributed by atoms with van der Waals surface area (Å²) in [5.41, 5.74) is 0.936. The van der Waals surface area contributed by atoms with Gasteiger partial charge in [-0.2, -0.15) is 0 Å². The molecule has 1 unspecified atom stereocenters. The molecule has 0 aliphatic carbocycles. The van der Waals surface area contributed by atoms with Crippen molar-refractivity contribution in [3.63, 3.8) is 0 Å². The minimum absolute atomic E-state index is 0.182. The third-order valence-electron chi connectivity index (χ3n) is 1.66. The molecule has 1 rings (SSSR count). The highest BCUT2D eigenvalue weighted by Crippen LogP contribution is 2.05. The molecular weight excluding hydrogens is 196 g/mol. The van der Waals surface area contributed by atoms with Gasteiger partial charge in [0, 0.05) is 12.4 Å². The highest BCUT2D eigenvalue weighted by Gasteiger charge is 2.16. The lowest BCUT2D eigenvalue weighted by atomic mass is 10.4. The van der Waals surface area contributed by atoms with Crippen LogP contribution < -0.4 is 4.74 Å². The summed E-state index contributed by atoms with van der Waals surface area (Å²) < 4.78 is 9.97. The molecule has 0 N–H and O–H groups in total. The van der Waals surface area contributed by atoms with Crippen LogP contribution in [-0.4, -0.2) is 28.6 Å². The predicted molar refractivity (Wildman–Crippen MR) is 53.5 cm³/mol. The van der Waals surface area contributed by atoms with Crippen molar-refractivity contribution in [1.82, 2.24) is 9.97 Å². The summed E-state index contributed by atoms with van der Waals surface area (Å²) in [6.07, 6.45) is 2.56. The maximum absolute atomic E-state index is 11.2. The van der Waals surface area contributed by atoms with Gasteiger partial charge in [0.15, 0.2) is 6.10 Å². The van der Waals surface area contributed by atoms with Gasteiger partial charge in [0.25, 0.3) is 0 Å². The first-order chi connectivity index (χ1) is 7.13. The summed E-state index contributed by atoms with van der Waals surface area (Å²) in [4.78, 5) is 19.1. The number of esters is 1. The lowest BCUT2D eigenvalue weighted by molar-refractivity contribution is -0.150. The Bertz CT molecular complexity index is 324. The first-order valence-corrected chi connectivity index (χ1v) is 4.75. The molecule has 0 radical (unpaired) electrons. The summed E-state index contributed by atoms with van der Waals surface area (Å²) >= 11 is 0. The van der Waals surface area contributed by atoms with Crippen LogP contribution in [-0.2, 0) is 9.53 Å². The van der Waals surface area contributed by atoms with E-state index in [9.17, 15) is 4.79 Å². The summed E-state index contributed by atoms with van der Waals surface area (Å²) in [5, 5.41) is 0. The summed E-state index contributed by atoms with van der Waals surface area (Å²) in [6, 6.07) is 0.182. The van der Waals surface area contributed by atoms with E-state index < -0.39 is 12.1 Å². The number of rotatable bonds is 4. The number of carbonyl (C=O) groups excluding carboxylic acids is 1. The van der Waals surface area contributed by atoms with Gasteiger partial charge in [-0.05, 0) is 26.3 Å². The van der Waals surface area contributed by atoms with Crippen molar-refractivity contribution in [3.05, 3.63) is 18.0 Å². The molecule has 0 aliphatic heterocycles. The van der Waals surface area contributed by atoms with E-state index in [0.717, 1.165) is 5.56 Å². The van der Waals surface area contributed by atoms with E-state index in [1.165, 1.54) is 0 Å². The van der Waals surface area contributed by atoms with Gasteiger partial charge in [0.2, 0.25) is 0 Å². The molecule has 1 aromatic rings. The number of ether oxygens (including phenoxy) is 2. The van der Waals surface area contributed by atoms with Crippen molar-refractivity contribution in [3.8, 4) is 6.01 Å². The number of aryl methyl sites for hydroxylation is 1. The molecule has 1 heterocycles. The molecule has 0 saturated heterocycles. The second kappa shape index (κ2) is 5.29. The Morgan fingerprint density at radius 3 is 2.60 bits per heavy atom. The van der Waals surface area contributed by atoms with E-state index in [0.29, 0.717) is 6.61 Å². The van der Waals surface area contributed by atoms with Gasteiger partial charge in [0.05, 0.1) is 6.61 Å². The third kappa shape index (κ3) is 3.53. The van der Waals surface area contributed by atoms with Crippen LogP contribution in [0.2, 0.25) is 0 Å². The fourth-order valence-electron chi connectivity index (χ4n) is 0.907. The van der Waals surface area contributed by atoms with Gasteiger partial charge in [-0.25, -0.2) is 14.8 Å². The van der Waals surface area contributed by atoms with Crippen molar-refractivity contribution < 1.29 is 14.3 Å². The molecule has 0 aromatic carbocycles. The van der Waals surface area contributed by atoms with E-state index in [2.05, 4.69) is 9.97 Å². The van der Waals surface area contributed by atoms with Crippen molar-refractivity contribution in [2.45, 2.75) is 26.9 Å². The molecule has 1 aromatic heterocycles. The second-order valence-electron chi connectivity index (χ2n) is 3.06. The van der Waals surface area contributed by atoms with Crippen molar-refractivity contribution >= 4 is 5.97 Å². The molecule has 0 aliphatic rings. The Kier molecular flexibility index (Phi) is 4.03. The van der Waals surface area contributed by atoms with Crippen molar-refractivity contribution in [1.29, 1.82) is 0 Å². The summed E-state index contributed by atoms with van der Waals surface area (Å²) in [7, 11) is 0. The minimum Gasteiger partial charge on any atom is -0.463 e. The number of aromatic nitrogens is 2. The Morgan fingerprint density at radius 1 is 1.47 bits per heavy atom. The van der Waals surface area contributed by atoms with Crippen LogP contribution in [0.1, 0.15) is 19.4 Å². The molecular formula is C10H14N2O3. The van der Waals surface area contributed by atoms with E-state index in [1.54, 1.807) is 26.2 Å². The highest BCUT2D eigenvalue weighted by molar-refractivity contribution is 5.74. The zero-order chi connectivity index (χ0) is 11.3. The lowest BCUT2D eigenvalue weighted by Crippen LogP contribution is -2.26. The van der Waals surface area contributed by atoms with Gasteiger partial charge < -0.3 is 9.47 Å². The number of nitrogens with zero attached hydrogens (tertiary/aromatic N) is 2. The average molecular weight is 210 g/mol. The van der Waals surface area contributed by atoms with Crippen LogP contribution >= 0.6 is 0 Å². The average Bonchev–Trinajstić information content (AvgIpc) is 2.22. The molecule has 0 spiro atoms. The quantitative estimate of drug-likeness (QED) is 0.697. The number of hydrogen-bond donors (Lipinski definition) is 0. The van der Waals surface area contributed by atoms with E-state index in [4.69, 9.17) is 9.47 Å². The zero-order valence-electron chi connectivity index (χ0n) is 9.06. The van der Waals surface area contributed by atoms with Crippen LogP contribution in [0.25, 0.3) is 0 Å². The molecule has 5 nitrogen and oxygen atoms in total. The van der Waals surface area contributed by atoms with E-state index in [-0.39, 0.29) is 6.01 Å². The largest absolute Gasteiger partial charge is 0.463 e. The first kappa shape index (κ1) is 11.4. The molecule has 0 fully saturated rings. The SMILES string of the molecule is CCOC(=O)C(C)Oc1ncc(C)cn1. The van der Waals surface area contributed by atoms with Crippen LogP contribution in [0.4, 0.5) is 0 Å². The Morgan fingerprint density at radius 2 is 2.07 bits per heavy atom. The van der Waals surface area contributed by atoms with Gasteiger partial charge >= 0.3 is 12.0 Å². The smallest absolute Gasteiger partial charge is 0.347 e. The van der Waals surface area contributed by atoms with Crippen LogP contribution in [0, 0.1) is 6.92 Å². The van der Waals surface area contributed by atoms with Gasteiger partial charge in [-0.3, -0.25) is 0 Å². The summed E-state index contributed by atoms with van der Waals surface area (Å²) in [5.74, 6) is -0.415. The maximum Gasteiger partial charge on any atom is 0.347 e. The highest BCUT2D eigenvalue weighted by atomic mass is 16.6. The van der Waals surface area contributed by atoms with Crippen LogP contribution in [0.3, 0.4) is 0 Å². The third-order valence-corrected chi connectivity index (χ3v) is 1.66. The zero-order valence-corrected chi connectivity index (χ0v) is 9.06. The van der Waals surface area contributed by atoms with E-state index >= 15 is 0 Å². The molecule has 0 amide bonds. The topological polar surface area (TPSA) is 61.3 Å². The Hall–Kier alpha value is -1.65.